The maximum Gasteiger partial charge on any atom is 0.216 e. The summed E-state index contributed by atoms with van der Waals surface area (Å²) in [6.07, 6.45) is 2.75. The SMILES string of the molecule is CC(=O)NCCC1(C(C)(F)CNS(=O)(=O)C(C)C)C=CC(c2ccccc2)=CC1F. The van der Waals surface area contributed by atoms with Gasteiger partial charge in [0.15, 0.2) is 0 Å². The van der Waals surface area contributed by atoms with Gasteiger partial charge in [-0.05, 0) is 44.4 Å². The molecule has 8 heteroatoms. The zero-order chi connectivity index (χ0) is 22.6. The van der Waals surface area contributed by atoms with Crippen LogP contribution < -0.4 is 10.0 Å². The van der Waals surface area contributed by atoms with E-state index in [4.69, 9.17) is 0 Å². The van der Waals surface area contributed by atoms with E-state index in [9.17, 15) is 13.2 Å². The average Bonchev–Trinajstić information content (AvgIpc) is 2.68. The Kier molecular flexibility index (Phi) is 7.58. The lowest BCUT2D eigenvalue weighted by Crippen LogP contribution is -2.55. The van der Waals surface area contributed by atoms with Crippen molar-refractivity contribution in [2.75, 3.05) is 13.1 Å². The quantitative estimate of drug-likeness (QED) is 0.617. The largest absolute Gasteiger partial charge is 0.356 e. The predicted octanol–water partition coefficient (Wildman–Crippen LogP) is 3.55. The first-order valence-electron chi connectivity index (χ1n) is 9.94. The lowest BCUT2D eigenvalue weighted by atomic mass is 9.65. The summed E-state index contributed by atoms with van der Waals surface area (Å²) in [5.41, 5.74) is -2.47. The molecule has 0 spiro atoms. The van der Waals surface area contributed by atoms with Crippen molar-refractivity contribution in [1.82, 2.24) is 10.0 Å². The third-order valence-corrected chi connectivity index (χ3v) is 7.38. The van der Waals surface area contributed by atoms with E-state index in [1.54, 1.807) is 6.08 Å². The molecular weight excluding hydrogens is 410 g/mol. The van der Waals surface area contributed by atoms with Gasteiger partial charge < -0.3 is 5.32 Å². The number of sulfonamides is 1. The number of hydrogen-bond donors (Lipinski definition) is 2. The van der Waals surface area contributed by atoms with Crippen LogP contribution in [0.2, 0.25) is 0 Å². The van der Waals surface area contributed by atoms with E-state index in [2.05, 4.69) is 10.0 Å². The van der Waals surface area contributed by atoms with Crippen LogP contribution in [0.3, 0.4) is 0 Å². The summed E-state index contributed by atoms with van der Waals surface area (Å²) in [7, 11) is -3.72. The van der Waals surface area contributed by atoms with Gasteiger partial charge in [-0.15, -0.1) is 0 Å². The van der Waals surface area contributed by atoms with Crippen LogP contribution in [-0.4, -0.2) is 44.5 Å². The number of amides is 1. The van der Waals surface area contributed by atoms with E-state index in [0.717, 1.165) is 5.56 Å². The minimum atomic E-state index is -3.72. The highest BCUT2D eigenvalue weighted by Gasteiger charge is 2.53. The zero-order valence-corrected chi connectivity index (χ0v) is 18.6. The molecule has 1 aromatic carbocycles. The molecule has 0 aromatic heterocycles. The summed E-state index contributed by atoms with van der Waals surface area (Å²) in [4.78, 5) is 11.3. The Balaban J connectivity index is 2.35. The monoisotopic (exact) mass is 440 g/mol. The van der Waals surface area contributed by atoms with Gasteiger partial charge in [0.05, 0.1) is 10.7 Å². The number of alkyl halides is 2. The number of hydrogen-bond acceptors (Lipinski definition) is 3. The van der Waals surface area contributed by atoms with Crippen LogP contribution in [0.15, 0.2) is 48.6 Å². The molecule has 2 N–H and O–H groups in total. The molecule has 1 aliphatic carbocycles. The lowest BCUT2D eigenvalue weighted by molar-refractivity contribution is -0.119. The Morgan fingerprint density at radius 2 is 1.90 bits per heavy atom. The Morgan fingerprint density at radius 1 is 1.27 bits per heavy atom. The number of carbonyl (C=O) groups excluding carboxylic acids is 1. The molecule has 1 aliphatic rings. The molecule has 3 atom stereocenters. The summed E-state index contributed by atoms with van der Waals surface area (Å²) in [5.74, 6) is -0.304. The van der Waals surface area contributed by atoms with Crippen LogP contribution >= 0.6 is 0 Å². The molecule has 0 saturated carbocycles. The van der Waals surface area contributed by atoms with Gasteiger partial charge in [0, 0.05) is 20.0 Å². The average molecular weight is 441 g/mol. The maximum atomic E-state index is 16.0. The smallest absolute Gasteiger partial charge is 0.216 e. The standard InChI is InChI=1S/C22H30F2N2O3S/c1-16(2)30(28,29)26-15-21(4,24)22(12-13-25-17(3)27)11-10-19(14-20(22)23)18-8-6-5-7-9-18/h5-11,14,16,20,26H,12-13,15H2,1-4H3,(H,25,27). The summed E-state index contributed by atoms with van der Waals surface area (Å²) in [6, 6.07) is 9.17. The van der Waals surface area contributed by atoms with Crippen molar-refractivity contribution >= 4 is 21.5 Å². The highest BCUT2D eigenvalue weighted by atomic mass is 32.2. The van der Waals surface area contributed by atoms with Crippen LogP contribution in [0.5, 0.6) is 0 Å². The summed E-state index contributed by atoms with van der Waals surface area (Å²) >= 11 is 0. The van der Waals surface area contributed by atoms with Gasteiger partial charge in [0.2, 0.25) is 15.9 Å². The summed E-state index contributed by atoms with van der Waals surface area (Å²) < 4.78 is 58.1. The van der Waals surface area contributed by atoms with Gasteiger partial charge in [0.1, 0.15) is 11.8 Å². The Morgan fingerprint density at radius 3 is 2.43 bits per heavy atom. The fraction of sp³-hybridized carbons (Fsp3) is 0.500. The van der Waals surface area contributed by atoms with E-state index >= 15 is 8.78 Å². The molecule has 0 fully saturated rings. The van der Waals surface area contributed by atoms with Crippen LogP contribution in [0.4, 0.5) is 8.78 Å². The molecule has 5 nitrogen and oxygen atoms in total. The van der Waals surface area contributed by atoms with Gasteiger partial charge >= 0.3 is 0 Å². The number of carbonyl (C=O) groups is 1. The zero-order valence-electron chi connectivity index (χ0n) is 17.8. The van der Waals surface area contributed by atoms with Crippen molar-refractivity contribution in [3.05, 3.63) is 54.1 Å². The van der Waals surface area contributed by atoms with E-state index < -0.39 is 39.1 Å². The first-order valence-corrected chi connectivity index (χ1v) is 11.5. The van der Waals surface area contributed by atoms with Gasteiger partial charge in [-0.2, -0.15) is 0 Å². The lowest BCUT2D eigenvalue weighted by Gasteiger charge is -2.45. The fourth-order valence-corrected chi connectivity index (χ4v) is 4.28. The van der Waals surface area contributed by atoms with E-state index in [1.165, 1.54) is 39.8 Å². The molecule has 166 valence electrons. The van der Waals surface area contributed by atoms with Crippen molar-refractivity contribution in [1.29, 1.82) is 0 Å². The number of rotatable bonds is 9. The first-order chi connectivity index (χ1) is 13.9. The third-order valence-electron chi connectivity index (χ3n) is 5.59. The molecule has 3 unspecified atom stereocenters. The molecule has 0 bridgehead atoms. The molecular formula is C22H30F2N2O3S. The normalized spacial score (nSPS) is 23.7. The Bertz CT molecular complexity index is 912. The Hall–Kier alpha value is -2.06. The number of allylic oxidation sites excluding steroid dienone is 4. The van der Waals surface area contributed by atoms with Crippen LogP contribution in [0, 0.1) is 5.41 Å². The van der Waals surface area contributed by atoms with Gasteiger partial charge in [0.25, 0.3) is 0 Å². The van der Waals surface area contributed by atoms with Crippen molar-refractivity contribution < 1.29 is 22.0 Å². The topological polar surface area (TPSA) is 75.3 Å². The molecule has 1 amide bonds. The van der Waals surface area contributed by atoms with Crippen LogP contribution in [-0.2, 0) is 14.8 Å². The molecule has 30 heavy (non-hydrogen) atoms. The van der Waals surface area contributed by atoms with Crippen molar-refractivity contribution in [2.24, 2.45) is 5.41 Å². The second-order valence-electron chi connectivity index (χ2n) is 8.11. The van der Waals surface area contributed by atoms with Gasteiger partial charge in [-0.3, -0.25) is 4.79 Å². The summed E-state index contributed by atoms with van der Waals surface area (Å²) in [5, 5.41) is 1.84. The van der Waals surface area contributed by atoms with Crippen molar-refractivity contribution in [2.45, 2.75) is 51.2 Å². The van der Waals surface area contributed by atoms with Crippen LogP contribution in [0.25, 0.3) is 5.57 Å². The number of nitrogens with one attached hydrogen (secondary N) is 2. The number of halogens is 2. The maximum absolute atomic E-state index is 16.0. The predicted molar refractivity (Wildman–Crippen MR) is 116 cm³/mol. The highest BCUT2D eigenvalue weighted by Crippen LogP contribution is 2.48. The molecule has 0 radical (unpaired) electrons. The summed E-state index contributed by atoms with van der Waals surface area (Å²) in [6.45, 7) is 4.98. The van der Waals surface area contributed by atoms with E-state index in [0.29, 0.717) is 5.57 Å². The minimum Gasteiger partial charge on any atom is -0.356 e. The fourth-order valence-electron chi connectivity index (χ4n) is 3.47. The second-order valence-corrected chi connectivity index (χ2v) is 10.4. The van der Waals surface area contributed by atoms with E-state index in [1.807, 2.05) is 30.3 Å². The molecule has 0 aliphatic heterocycles. The molecule has 2 rings (SSSR count). The molecule has 1 aromatic rings. The Labute approximate surface area is 177 Å². The third kappa shape index (κ3) is 5.35. The van der Waals surface area contributed by atoms with Gasteiger partial charge in [-0.25, -0.2) is 21.9 Å². The van der Waals surface area contributed by atoms with Gasteiger partial charge in [-0.1, -0.05) is 42.5 Å². The molecule has 0 heterocycles. The highest BCUT2D eigenvalue weighted by molar-refractivity contribution is 7.90. The van der Waals surface area contributed by atoms with Crippen molar-refractivity contribution in [3.63, 3.8) is 0 Å². The van der Waals surface area contributed by atoms with Crippen molar-refractivity contribution in [3.8, 4) is 0 Å². The second kappa shape index (κ2) is 9.39. The van der Waals surface area contributed by atoms with Crippen LogP contribution in [0.1, 0.15) is 39.7 Å². The number of benzene rings is 1. The first kappa shape index (κ1) is 24.2. The minimum absolute atomic E-state index is 0.0285. The van der Waals surface area contributed by atoms with E-state index in [-0.39, 0.29) is 18.9 Å². The molecule has 0 saturated heterocycles.